The lowest BCUT2D eigenvalue weighted by atomic mass is 10.2. The van der Waals surface area contributed by atoms with Crippen LogP contribution in [0.5, 0.6) is 0 Å². The molecule has 90 valence electrons. The fraction of sp³-hybridized carbons (Fsp3) is 0.909. The van der Waals surface area contributed by atoms with E-state index in [2.05, 4.69) is 23.8 Å². The number of thioether (sulfide) groups is 1. The van der Waals surface area contributed by atoms with Crippen LogP contribution in [0, 0.1) is 0 Å². The highest BCUT2D eigenvalue weighted by molar-refractivity contribution is 7.98. The van der Waals surface area contributed by atoms with Crippen LogP contribution in [0.25, 0.3) is 0 Å². The van der Waals surface area contributed by atoms with Crippen LogP contribution in [0.4, 0.5) is 4.79 Å². The molecule has 0 saturated carbocycles. The second-order valence-electron chi connectivity index (χ2n) is 3.59. The third-order valence-corrected chi connectivity index (χ3v) is 2.82. The fourth-order valence-corrected chi connectivity index (χ4v) is 1.68. The summed E-state index contributed by atoms with van der Waals surface area (Å²) in [5, 5.41) is 5.69. The first-order chi connectivity index (χ1) is 7.31. The van der Waals surface area contributed by atoms with Gasteiger partial charge in [-0.05, 0) is 31.3 Å². The van der Waals surface area contributed by atoms with Gasteiger partial charge in [0, 0.05) is 13.1 Å². The molecule has 2 amide bonds. The second kappa shape index (κ2) is 11.7. The molecule has 0 radical (unpaired) electrons. The molecule has 0 unspecified atom stereocenters. The molecule has 0 aromatic rings. The number of carbonyl (C=O) groups excluding carboxylic acids is 1. The molecule has 0 bridgehead atoms. The molecule has 4 heteroatoms. The highest BCUT2D eigenvalue weighted by atomic mass is 32.2. The van der Waals surface area contributed by atoms with E-state index in [0.717, 1.165) is 32.4 Å². The highest BCUT2D eigenvalue weighted by Crippen LogP contribution is 2.00. The molecule has 0 aliphatic carbocycles. The van der Waals surface area contributed by atoms with E-state index >= 15 is 0 Å². The molecule has 15 heavy (non-hydrogen) atoms. The lowest BCUT2D eigenvalue weighted by Crippen LogP contribution is -2.36. The summed E-state index contributed by atoms with van der Waals surface area (Å²) < 4.78 is 0. The minimum Gasteiger partial charge on any atom is -0.338 e. The standard InChI is InChI=1S/C11H24N2OS/c1-3-4-8-12-11(14)13-9-6-5-7-10-15-2/h3-10H2,1-2H3,(H2,12,13,14). The molecule has 0 aliphatic rings. The number of carbonyl (C=O) groups is 1. The maximum absolute atomic E-state index is 11.2. The number of hydrogen-bond acceptors (Lipinski definition) is 2. The van der Waals surface area contributed by atoms with E-state index in [0.29, 0.717) is 0 Å². The van der Waals surface area contributed by atoms with Gasteiger partial charge in [-0.15, -0.1) is 0 Å². The summed E-state index contributed by atoms with van der Waals surface area (Å²) >= 11 is 1.88. The highest BCUT2D eigenvalue weighted by Gasteiger charge is 1.97. The molecule has 0 atom stereocenters. The van der Waals surface area contributed by atoms with Gasteiger partial charge in [0.1, 0.15) is 0 Å². The molecule has 0 aliphatic heterocycles. The van der Waals surface area contributed by atoms with Crippen LogP contribution < -0.4 is 10.6 Å². The zero-order valence-corrected chi connectivity index (χ0v) is 10.8. The first-order valence-electron chi connectivity index (χ1n) is 5.82. The van der Waals surface area contributed by atoms with Gasteiger partial charge in [0.2, 0.25) is 0 Å². The topological polar surface area (TPSA) is 41.1 Å². The Morgan fingerprint density at radius 3 is 2.33 bits per heavy atom. The smallest absolute Gasteiger partial charge is 0.314 e. The van der Waals surface area contributed by atoms with Crippen molar-refractivity contribution in [1.29, 1.82) is 0 Å². The van der Waals surface area contributed by atoms with E-state index in [-0.39, 0.29) is 6.03 Å². The maximum Gasteiger partial charge on any atom is 0.314 e. The van der Waals surface area contributed by atoms with Crippen molar-refractivity contribution in [2.45, 2.75) is 39.0 Å². The van der Waals surface area contributed by atoms with Crippen molar-refractivity contribution in [2.24, 2.45) is 0 Å². The van der Waals surface area contributed by atoms with Crippen LogP contribution in [0.2, 0.25) is 0 Å². The van der Waals surface area contributed by atoms with Gasteiger partial charge < -0.3 is 10.6 Å². The van der Waals surface area contributed by atoms with Crippen LogP contribution in [0.15, 0.2) is 0 Å². The second-order valence-corrected chi connectivity index (χ2v) is 4.58. The quantitative estimate of drug-likeness (QED) is 0.600. The molecule has 0 spiro atoms. The Bertz CT molecular complexity index is 154. The Hall–Kier alpha value is -0.380. The lowest BCUT2D eigenvalue weighted by Gasteiger charge is -2.06. The molecular formula is C11H24N2OS. The summed E-state index contributed by atoms with van der Waals surface area (Å²) in [7, 11) is 0. The normalized spacial score (nSPS) is 10.0. The van der Waals surface area contributed by atoms with Gasteiger partial charge in [-0.1, -0.05) is 19.8 Å². The van der Waals surface area contributed by atoms with Crippen LogP contribution in [0.1, 0.15) is 39.0 Å². The molecule has 2 N–H and O–H groups in total. The fourth-order valence-electron chi connectivity index (χ4n) is 1.19. The number of amides is 2. The first kappa shape index (κ1) is 14.6. The molecule has 0 fully saturated rings. The predicted octanol–water partition coefficient (Wildman–Crippen LogP) is 2.62. The van der Waals surface area contributed by atoms with Gasteiger partial charge in [0.15, 0.2) is 0 Å². The third-order valence-electron chi connectivity index (χ3n) is 2.13. The lowest BCUT2D eigenvalue weighted by molar-refractivity contribution is 0.240. The monoisotopic (exact) mass is 232 g/mol. The molecule has 0 heterocycles. The first-order valence-corrected chi connectivity index (χ1v) is 7.21. The Kier molecular flexibility index (Phi) is 11.4. The van der Waals surface area contributed by atoms with E-state index < -0.39 is 0 Å². The van der Waals surface area contributed by atoms with E-state index in [4.69, 9.17) is 0 Å². The van der Waals surface area contributed by atoms with Gasteiger partial charge >= 0.3 is 6.03 Å². The van der Waals surface area contributed by atoms with Gasteiger partial charge in [0.25, 0.3) is 0 Å². The van der Waals surface area contributed by atoms with E-state index in [1.807, 2.05) is 11.8 Å². The molecule has 0 aromatic heterocycles. The zero-order chi connectivity index (χ0) is 11.4. The number of urea groups is 1. The van der Waals surface area contributed by atoms with Crippen molar-refractivity contribution >= 4 is 17.8 Å². The van der Waals surface area contributed by atoms with Crippen LogP contribution in [0.3, 0.4) is 0 Å². The number of unbranched alkanes of at least 4 members (excludes halogenated alkanes) is 3. The molecular weight excluding hydrogens is 208 g/mol. The number of hydrogen-bond donors (Lipinski definition) is 2. The van der Waals surface area contributed by atoms with Crippen LogP contribution in [-0.4, -0.2) is 31.1 Å². The molecule has 3 nitrogen and oxygen atoms in total. The summed E-state index contributed by atoms with van der Waals surface area (Å²) in [5.74, 6) is 1.22. The van der Waals surface area contributed by atoms with Gasteiger partial charge in [-0.25, -0.2) is 4.79 Å². The Morgan fingerprint density at radius 1 is 1.07 bits per heavy atom. The summed E-state index contributed by atoms with van der Waals surface area (Å²) in [6.45, 7) is 3.70. The Morgan fingerprint density at radius 2 is 1.73 bits per heavy atom. The zero-order valence-electron chi connectivity index (χ0n) is 9.97. The molecule has 0 rings (SSSR count). The average molecular weight is 232 g/mol. The van der Waals surface area contributed by atoms with Gasteiger partial charge in [0.05, 0.1) is 0 Å². The Balaban J connectivity index is 3.10. The summed E-state index contributed by atoms with van der Waals surface area (Å²) in [6.07, 6.45) is 7.84. The Labute approximate surface area is 97.8 Å². The number of nitrogens with one attached hydrogen (secondary N) is 2. The van der Waals surface area contributed by atoms with E-state index in [9.17, 15) is 4.79 Å². The minimum absolute atomic E-state index is 0.0201. The number of rotatable bonds is 9. The third kappa shape index (κ3) is 11.5. The van der Waals surface area contributed by atoms with Crippen molar-refractivity contribution in [2.75, 3.05) is 25.1 Å². The SMILES string of the molecule is CCCCNC(=O)NCCCCCSC. The van der Waals surface area contributed by atoms with Crippen molar-refractivity contribution in [1.82, 2.24) is 10.6 Å². The summed E-state index contributed by atoms with van der Waals surface area (Å²) in [4.78, 5) is 11.2. The predicted molar refractivity (Wildman–Crippen MR) is 68.5 cm³/mol. The van der Waals surface area contributed by atoms with Crippen molar-refractivity contribution in [3.8, 4) is 0 Å². The van der Waals surface area contributed by atoms with Crippen LogP contribution >= 0.6 is 11.8 Å². The van der Waals surface area contributed by atoms with Crippen molar-refractivity contribution in [3.63, 3.8) is 0 Å². The minimum atomic E-state index is -0.0201. The largest absolute Gasteiger partial charge is 0.338 e. The molecule has 0 saturated heterocycles. The molecule has 0 aromatic carbocycles. The summed E-state index contributed by atoms with van der Waals surface area (Å²) in [6, 6.07) is -0.0201. The van der Waals surface area contributed by atoms with Gasteiger partial charge in [-0.2, -0.15) is 11.8 Å². The maximum atomic E-state index is 11.2. The summed E-state index contributed by atoms with van der Waals surface area (Å²) in [5.41, 5.74) is 0. The van der Waals surface area contributed by atoms with Crippen molar-refractivity contribution < 1.29 is 4.79 Å². The van der Waals surface area contributed by atoms with E-state index in [1.165, 1.54) is 18.6 Å². The average Bonchev–Trinajstić information content (AvgIpc) is 2.23. The van der Waals surface area contributed by atoms with E-state index in [1.54, 1.807) is 0 Å². The van der Waals surface area contributed by atoms with Crippen molar-refractivity contribution in [3.05, 3.63) is 0 Å². The van der Waals surface area contributed by atoms with Gasteiger partial charge in [-0.3, -0.25) is 0 Å². The van der Waals surface area contributed by atoms with Crippen LogP contribution in [-0.2, 0) is 0 Å².